The van der Waals surface area contributed by atoms with Crippen LogP contribution in [-0.2, 0) is 10.0 Å². The first-order chi connectivity index (χ1) is 10.4. The minimum atomic E-state index is -3.30. The second-order valence-corrected chi connectivity index (χ2v) is 7.51. The molecule has 0 aliphatic heterocycles. The number of carbonyl (C=O) groups excluding carboxylic acids is 1. The summed E-state index contributed by atoms with van der Waals surface area (Å²) in [6, 6.07) is 5.43. The SMILES string of the molecule is CS(=O)(=O)N(CCNC(=O)c1cccc(F)c1)C1CCCC1. The highest BCUT2D eigenvalue weighted by molar-refractivity contribution is 7.88. The van der Waals surface area contributed by atoms with Crippen molar-refractivity contribution in [3.05, 3.63) is 35.6 Å². The third-order valence-corrected chi connectivity index (χ3v) is 5.20. The molecule has 1 aromatic rings. The van der Waals surface area contributed by atoms with Crippen molar-refractivity contribution in [3.8, 4) is 0 Å². The van der Waals surface area contributed by atoms with Gasteiger partial charge in [0, 0.05) is 24.7 Å². The average molecular weight is 328 g/mol. The van der Waals surface area contributed by atoms with Crippen LogP contribution in [-0.4, -0.2) is 44.0 Å². The lowest BCUT2D eigenvalue weighted by Crippen LogP contribution is -2.43. The lowest BCUT2D eigenvalue weighted by Gasteiger charge is -2.26. The van der Waals surface area contributed by atoms with E-state index >= 15 is 0 Å². The number of rotatable bonds is 6. The number of carbonyl (C=O) groups is 1. The first-order valence-electron chi connectivity index (χ1n) is 7.38. The summed E-state index contributed by atoms with van der Waals surface area (Å²) in [7, 11) is -3.30. The molecule has 1 N–H and O–H groups in total. The van der Waals surface area contributed by atoms with Crippen LogP contribution < -0.4 is 5.32 Å². The molecule has 22 heavy (non-hydrogen) atoms. The minimum Gasteiger partial charge on any atom is -0.351 e. The Morgan fingerprint density at radius 1 is 1.36 bits per heavy atom. The summed E-state index contributed by atoms with van der Waals surface area (Å²) in [6.45, 7) is 0.448. The molecule has 1 amide bonds. The monoisotopic (exact) mass is 328 g/mol. The van der Waals surface area contributed by atoms with E-state index in [1.54, 1.807) is 0 Å². The van der Waals surface area contributed by atoms with Crippen molar-refractivity contribution in [3.63, 3.8) is 0 Å². The van der Waals surface area contributed by atoms with Gasteiger partial charge in [0.25, 0.3) is 5.91 Å². The number of amides is 1. The van der Waals surface area contributed by atoms with Crippen molar-refractivity contribution in [1.82, 2.24) is 9.62 Å². The molecule has 0 saturated heterocycles. The summed E-state index contributed by atoms with van der Waals surface area (Å²) < 4.78 is 38.3. The van der Waals surface area contributed by atoms with Gasteiger partial charge in [-0.15, -0.1) is 0 Å². The molecule has 5 nitrogen and oxygen atoms in total. The fraction of sp³-hybridized carbons (Fsp3) is 0.533. The summed E-state index contributed by atoms with van der Waals surface area (Å²) in [5.74, 6) is -0.879. The van der Waals surface area contributed by atoms with Crippen molar-refractivity contribution in [2.75, 3.05) is 19.3 Å². The zero-order valence-electron chi connectivity index (χ0n) is 12.6. The first-order valence-corrected chi connectivity index (χ1v) is 9.23. The Kier molecular flexibility index (Phi) is 5.52. The summed E-state index contributed by atoms with van der Waals surface area (Å²) in [6.07, 6.45) is 4.99. The quantitative estimate of drug-likeness (QED) is 0.865. The van der Waals surface area contributed by atoms with Gasteiger partial charge in [-0.3, -0.25) is 4.79 Å². The smallest absolute Gasteiger partial charge is 0.251 e. The summed E-state index contributed by atoms with van der Waals surface area (Å²) >= 11 is 0. The molecule has 122 valence electrons. The van der Waals surface area contributed by atoms with Crippen molar-refractivity contribution in [2.24, 2.45) is 0 Å². The Morgan fingerprint density at radius 3 is 2.64 bits per heavy atom. The lowest BCUT2D eigenvalue weighted by molar-refractivity contribution is 0.0950. The van der Waals surface area contributed by atoms with E-state index in [1.807, 2.05) is 0 Å². The highest BCUT2D eigenvalue weighted by atomic mass is 32.2. The molecule has 2 rings (SSSR count). The van der Waals surface area contributed by atoms with E-state index in [4.69, 9.17) is 0 Å². The number of hydrogen-bond donors (Lipinski definition) is 1. The van der Waals surface area contributed by atoms with Gasteiger partial charge in [0.05, 0.1) is 6.26 Å². The summed E-state index contributed by atoms with van der Waals surface area (Å²) in [4.78, 5) is 11.9. The van der Waals surface area contributed by atoms with Gasteiger partial charge < -0.3 is 5.32 Å². The molecule has 0 spiro atoms. The molecular weight excluding hydrogens is 307 g/mol. The van der Waals surface area contributed by atoms with E-state index in [0.29, 0.717) is 0 Å². The fourth-order valence-electron chi connectivity index (χ4n) is 2.82. The van der Waals surface area contributed by atoms with Gasteiger partial charge in [0.2, 0.25) is 10.0 Å². The summed E-state index contributed by atoms with van der Waals surface area (Å²) in [5, 5.41) is 2.64. The maximum atomic E-state index is 13.1. The maximum absolute atomic E-state index is 13.1. The number of nitrogens with one attached hydrogen (secondary N) is 1. The predicted molar refractivity (Wildman–Crippen MR) is 82.5 cm³/mol. The van der Waals surface area contributed by atoms with Crippen LogP contribution in [0.5, 0.6) is 0 Å². The molecule has 0 aromatic heterocycles. The van der Waals surface area contributed by atoms with Crippen molar-refractivity contribution < 1.29 is 17.6 Å². The van der Waals surface area contributed by atoms with Gasteiger partial charge in [0.1, 0.15) is 5.82 Å². The zero-order valence-corrected chi connectivity index (χ0v) is 13.4. The van der Waals surface area contributed by atoms with E-state index in [9.17, 15) is 17.6 Å². The molecule has 0 bridgehead atoms. The van der Waals surface area contributed by atoms with Crippen LogP contribution >= 0.6 is 0 Å². The molecule has 1 aliphatic rings. The minimum absolute atomic E-state index is 0.0288. The van der Waals surface area contributed by atoms with Crippen LogP contribution in [0, 0.1) is 5.82 Å². The molecule has 7 heteroatoms. The van der Waals surface area contributed by atoms with E-state index in [-0.39, 0.29) is 24.7 Å². The van der Waals surface area contributed by atoms with Gasteiger partial charge in [-0.25, -0.2) is 12.8 Å². The summed E-state index contributed by atoms with van der Waals surface area (Å²) in [5.41, 5.74) is 0.228. The molecular formula is C15H21FN2O3S. The molecule has 0 heterocycles. The lowest BCUT2D eigenvalue weighted by atomic mass is 10.2. The molecule has 1 fully saturated rings. The molecule has 0 radical (unpaired) electrons. The van der Waals surface area contributed by atoms with Gasteiger partial charge in [0.15, 0.2) is 0 Å². The van der Waals surface area contributed by atoms with E-state index in [0.717, 1.165) is 31.7 Å². The maximum Gasteiger partial charge on any atom is 0.251 e. The fourth-order valence-corrected chi connectivity index (χ4v) is 4.00. The number of nitrogens with zero attached hydrogens (tertiary/aromatic N) is 1. The normalized spacial score (nSPS) is 16.1. The van der Waals surface area contributed by atoms with E-state index in [2.05, 4.69) is 5.32 Å². The van der Waals surface area contributed by atoms with E-state index in [1.165, 1.54) is 28.8 Å². The van der Waals surface area contributed by atoms with Crippen LogP contribution in [0.3, 0.4) is 0 Å². The van der Waals surface area contributed by atoms with Crippen LogP contribution in [0.25, 0.3) is 0 Å². The van der Waals surface area contributed by atoms with Gasteiger partial charge >= 0.3 is 0 Å². The Bertz CT molecular complexity index is 627. The Balaban J connectivity index is 1.91. The van der Waals surface area contributed by atoms with E-state index < -0.39 is 21.7 Å². The van der Waals surface area contributed by atoms with Crippen LogP contribution in [0.4, 0.5) is 4.39 Å². The largest absolute Gasteiger partial charge is 0.351 e. The molecule has 0 atom stereocenters. The molecule has 1 saturated carbocycles. The van der Waals surface area contributed by atoms with Crippen molar-refractivity contribution >= 4 is 15.9 Å². The predicted octanol–water partition coefficient (Wildman–Crippen LogP) is 1.76. The standard InChI is InChI=1S/C15H21FN2O3S/c1-22(20,21)18(14-7-2-3-8-14)10-9-17-15(19)12-5-4-6-13(16)11-12/h4-6,11,14H,2-3,7-10H2,1H3,(H,17,19). The van der Waals surface area contributed by atoms with Gasteiger partial charge in [-0.2, -0.15) is 4.31 Å². The third kappa shape index (κ3) is 4.51. The number of hydrogen-bond acceptors (Lipinski definition) is 3. The Labute approximate surface area is 130 Å². The van der Waals surface area contributed by atoms with Crippen LogP contribution in [0.2, 0.25) is 0 Å². The zero-order chi connectivity index (χ0) is 16.2. The first kappa shape index (κ1) is 16.9. The number of halogens is 1. The van der Waals surface area contributed by atoms with Crippen molar-refractivity contribution in [2.45, 2.75) is 31.7 Å². The molecule has 1 aliphatic carbocycles. The van der Waals surface area contributed by atoms with Crippen LogP contribution in [0.15, 0.2) is 24.3 Å². The molecule has 1 aromatic carbocycles. The molecule has 0 unspecified atom stereocenters. The van der Waals surface area contributed by atoms with Crippen molar-refractivity contribution in [1.29, 1.82) is 0 Å². The highest BCUT2D eigenvalue weighted by Gasteiger charge is 2.28. The second-order valence-electron chi connectivity index (χ2n) is 5.58. The average Bonchev–Trinajstić information content (AvgIpc) is 2.95. The second kappa shape index (κ2) is 7.19. The number of benzene rings is 1. The Hall–Kier alpha value is -1.47. The topological polar surface area (TPSA) is 66.5 Å². The number of sulfonamides is 1. The Morgan fingerprint density at radius 2 is 2.05 bits per heavy atom. The van der Waals surface area contributed by atoms with Gasteiger partial charge in [-0.1, -0.05) is 18.9 Å². The highest BCUT2D eigenvalue weighted by Crippen LogP contribution is 2.24. The van der Waals surface area contributed by atoms with Gasteiger partial charge in [-0.05, 0) is 31.0 Å². The third-order valence-electron chi connectivity index (χ3n) is 3.86. The van der Waals surface area contributed by atoms with Crippen LogP contribution in [0.1, 0.15) is 36.0 Å².